The van der Waals surface area contributed by atoms with Gasteiger partial charge in [0.2, 0.25) is 5.89 Å². The summed E-state index contributed by atoms with van der Waals surface area (Å²) in [6, 6.07) is 0. The van der Waals surface area contributed by atoms with Gasteiger partial charge in [-0.3, -0.25) is 0 Å². The standard InChI is InChI=1S/C16H27N3O/c1-3-16(2,17)15-18-14(20-19-15)13-9-8-11-6-4-5-7-12(11)10-13/h11-13H,3-10,17H2,1-2H3. The monoisotopic (exact) mass is 277 g/mol. The lowest BCUT2D eigenvalue weighted by atomic mass is 9.67. The molecule has 2 N–H and O–H groups in total. The molecule has 0 aliphatic heterocycles. The highest BCUT2D eigenvalue weighted by atomic mass is 16.5. The van der Waals surface area contributed by atoms with Gasteiger partial charge in [0.05, 0.1) is 5.54 Å². The Labute approximate surface area is 121 Å². The summed E-state index contributed by atoms with van der Waals surface area (Å²) in [5, 5.41) is 4.13. The van der Waals surface area contributed by atoms with E-state index in [2.05, 4.69) is 17.1 Å². The quantitative estimate of drug-likeness (QED) is 0.914. The maximum atomic E-state index is 6.20. The van der Waals surface area contributed by atoms with Crippen molar-refractivity contribution in [3.63, 3.8) is 0 Å². The molecule has 4 nitrogen and oxygen atoms in total. The van der Waals surface area contributed by atoms with Crippen LogP contribution in [-0.4, -0.2) is 10.1 Å². The lowest BCUT2D eigenvalue weighted by molar-refractivity contribution is 0.142. The first-order valence-electron chi connectivity index (χ1n) is 8.23. The number of hydrogen-bond acceptors (Lipinski definition) is 4. The molecule has 1 heterocycles. The predicted molar refractivity (Wildman–Crippen MR) is 78.2 cm³/mol. The van der Waals surface area contributed by atoms with Gasteiger partial charge in [0.15, 0.2) is 5.82 Å². The fraction of sp³-hybridized carbons (Fsp3) is 0.875. The van der Waals surface area contributed by atoms with Crippen molar-refractivity contribution in [2.24, 2.45) is 17.6 Å². The molecule has 3 rings (SSSR count). The van der Waals surface area contributed by atoms with Gasteiger partial charge in [0.25, 0.3) is 0 Å². The van der Waals surface area contributed by atoms with Crippen molar-refractivity contribution in [3.8, 4) is 0 Å². The van der Waals surface area contributed by atoms with Crippen molar-refractivity contribution < 1.29 is 4.52 Å². The number of nitrogens with zero attached hydrogens (tertiary/aromatic N) is 2. The largest absolute Gasteiger partial charge is 0.339 e. The number of aromatic nitrogens is 2. The Morgan fingerprint density at radius 2 is 1.95 bits per heavy atom. The second-order valence-electron chi connectivity index (χ2n) is 7.04. The molecule has 20 heavy (non-hydrogen) atoms. The van der Waals surface area contributed by atoms with Gasteiger partial charge >= 0.3 is 0 Å². The van der Waals surface area contributed by atoms with Gasteiger partial charge in [0.1, 0.15) is 0 Å². The van der Waals surface area contributed by atoms with Gasteiger partial charge in [-0.25, -0.2) is 0 Å². The van der Waals surface area contributed by atoms with Gasteiger partial charge in [-0.2, -0.15) is 4.98 Å². The first-order chi connectivity index (χ1) is 9.60. The maximum Gasteiger partial charge on any atom is 0.229 e. The van der Waals surface area contributed by atoms with Crippen LogP contribution in [0.25, 0.3) is 0 Å². The van der Waals surface area contributed by atoms with Crippen molar-refractivity contribution >= 4 is 0 Å². The average Bonchev–Trinajstić information content (AvgIpc) is 2.97. The second kappa shape index (κ2) is 5.47. The van der Waals surface area contributed by atoms with Gasteiger partial charge in [0, 0.05) is 5.92 Å². The molecular weight excluding hydrogens is 250 g/mol. The Balaban J connectivity index is 1.71. The fourth-order valence-electron chi connectivity index (χ4n) is 3.89. The first kappa shape index (κ1) is 14.1. The number of rotatable bonds is 3. The lowest BCUT2D eigenvalue weighted by Crippen LogP contribution is -2.33. The molecule has 1 aromatic rings. The van der Waals surface area contributed by atoms with Gasteiger partial charge in [-0.05, 0) is 44.4 Å². The summed E-state index contributed by atoms with van der Waals surface area (Å²) in [6.45, 7) is 4.03. The van der Waals surface area contributed by atoms with E-state index in [1.807, 2.05) is 6.92 Å². The normalized spacial score (nSPS) is 33.5. The minimum Gasteiger partial charge on any atom is -0.339 e. The molecule has 4 atom stereocenters. The molecule has 112 valence electrons. The van der Waals surface area contributed by atoms with Crippen molar-refractivity contribution in [1.29, 1.82) is 0 Å². The number of hydrogen-bond donors (Lipinski definition) is 1. The Morgan fingerprint density at radius 3 is 2.70 bits per heavy atom. The molecule has 2 aliphatic rings. The molecule has 1 aromatic heterocycles. The zero-order valence-corrected chi connectivity index (χ0v) is 12.8. The molecule has 0 radical (unpaired) electrons. The van der Waals surface area contributed by atoms with Crippen molar-refractivity contribution in [1.82, 2.24) is 10.1 Å². The summed E-state index contributed by atoms with van der Waals surface area (Å²) in [5.74, 6) is 3.80. The zero-order chi connectivity index (χ0) is 14.2. The minimum atomic E-state index is -0.468. The third-order valence-electron chi connectivity index (χ3n) is 5.58. The molecule has 4 heteroatoms. The van der Waals surface area contributed by atoms with Crippen molar-refractivity contribution in [2.75, 3.05) is 0 Å². The van der Waals surface area contributed by atoms with Crippen LogP contribution in [0.5, 0.6) is 0 Å². The van der Waals surface area contributed by atoms with E-state index < -0.39 is 5.54 Å². The van der Waals surface area contributed by atoms with Crippen LogP contribution in [0.4, 0.5) is 0 Å². The summed E-state index contributed by atoms with van der Waals surface area (Å²) in [5.41, 5.74) is 5.73. The molecule has 4 unspecified atom stereocenters. The second-order valence-corrected chi connectivity index (χ2v) is 7.04. The van der Waals surface area contributed by atoms with Crippen molar-refractivity contribution in [2.45, 2.75) is 76.7 Å². The van der Waals surface area contributed by atoms with E-state index in [1.165, 1.54) is 44.9 Å². The Hall–Kier alpha value is -0.900. The number of nitrogens with two attached hydrogens (primary N) is 1. The summed E-state index contributed by atoms with van der Waals surface area (Å²) >= 11 is 0. The van der Waals surface area contributed by atoms with Crippen LogP contribution in [0.3, 0.4) is 0 Å². The van der Waals surface area contributed by atoms with Crippen LogP contribution in [-0.2, 0) is 5.54 Å². The Morgan fingerprint density at radius 1 is 1.20 bits per heavy atom. The van der Waals surface area contributed by atoms with E-state index in [0.29, 0.717) is 11.7 Å². The van der Waals surface area contributed by atoms with Crippen molar-refractivity contribution in [3.05, 3.63) is 11.7 Å². The molecule has 0 aromatic carbocycles. The SMILES string of the molecule is CCC(C)(N)c1noc(C2CCC3CCCCC3C2)n1. The summed E-state index contributed by atoms with van der Waals surface area (Å²) < 4.78 is 5.53. The Bertz CT molecular complexity index is 454. The molecule has 2 aliphatic carbocycles. The van der Waals surface area contributed by atoms with Gasteiger partial charge in [-0.15, -0.1) is 0 Å². The third-order valence-corrected chi connectivity index (χ3v) is 5.58. The molecule has 2 fully saturated rings. The van der Waals surface area contributed by atoms with E-state index in [4.69, 9.17) is 10.3 Å². The van der Waals surface area contributed by atoms with Crippen LogP contribution in [0.2, 0.25) is 0 Å². The highest BCUT2D eigenvalue weighted by molar-refractivity contribution is 5.05. The van der Waals surface area contributed by atoms with E-state index in [0.717, 1.165) is 24.1 Å². The number of fused-ring (bicyclic) bond motifs is 1. The lowest BCUT2D eigenvalue weighted by Gasteiger charge is -2.38. The highest BCUT2D eigenvalue weighted by Crippen LogP contribution is 2.45. The fourth-order valence-corrected chi connectivity index (χ4v) is 3.89. The third kappa shape index (κ3) is 2.62. The van der Waals surface area contributed by atoms with E-state index in [-0.39, 0.29) is 0 Å². The van der Waals surface area contributed by atoms with Crippen LogP contribution < -0.4 is 5.73 Å². The average molecular weight is 277 g/mol. The summed E-state index contributed by atoms with van der Waals surface area (Å²) in [7, 11) is 0. The zero-order valence-electron chi connectivity index (χ0n) is 12.8. The van der Waals surface area contributed by atoms with Crippen LogP contribution in [0.1, 0.15) is 82.8 Å². The van der Waals surface area contributed by atoms with Crippen LogP contribution in [0.15, 0.2) is 4.52 Å². The molecule has 0 saturated heterocycles. The van der Waals surface area contributed by atoms with Gasteiger partial charge in [-0.1, -0.05) is 37.8 Å². The minimum absolute atomic E-state index is 0.461. The molecule has 0 spiro atoms. The first-order valence-corrected chi connectivity index (χ1v) is 8.23. The molecule has 2 saturated carbocycles. The maximum absolute atomic E-state index is 6.20. The van der Waals surface area contributed by atoms with Gasteiger partial charge < -0.3 is 10.3 Å². The topological polar surface area (TPSA) is 64.9 Å². The smallest absolute Gasteiger partial charge is 0.229 e. The molecule has 0 bridgehead atoms. The van der Waals surface area contributed by atoms with Crippen LogP contribution >= 0.6 is 0 Å². The van der Waals surface area contributed by atoms with E-state index in [1.54, 1.807) is 0 Å². The molecular formula is C16H27N3O. The van der Waals surface area contributed by atoms with E-state index >= 15 is 0 Å². The van der Waals surface area contributed by atoms with E-state index in [9.17, 15) is 0 Å². The van der Waals surface area contributed by atoms with Crippen LogP contribution in [0, 0.1) is 11.8 Å². The highest BCUT2D eigenvalue weighted by Gasteiger charge is 2.36. The summed E-state index contributed by atoms with van der Waals surface area (Å²) in [4.78, 5) is 4.61. The predicted octanol–water partition coefficient (Wildman–Crippen LogP) is 3.73. The summed E-state index contributed by atoms with van der Waals surface area (Å²) in [6.07, 6.45) is 10.3. The molecule has 0 amide bonds. The Kier molecular flexibility index (Phi) is 3.85.